The topological polar surface area (TPSA) is 121 Å². The average molecular weight is 524 g/mol. The quantitative estimate of drug-likeness (QED) is 0.474. The number of hydrogen-bond donors (Lipinski definition) is 3. The number of aromatic amines is 1. The molecule has 1 aromatic heterocycles. The Morgan fingerprint density at radius 3 is 2.66 bits per heavy atom. The van der Waals surface area contributed by atoms with Crippen molar-refractivity contribution < 1.29 is 24.2 Å². The molecule has 0 bridgehead atoms. The van der Waals surface area contributed by atoms with Gasteiger partial charge in [0.25, 0.3) is 11.5 Å². The van der Waals surface area contributed by atoms with Crippen LogP contribution in [-0.4, -0.2) is 72.4 Å². The first-order valence-corrected chi connectivity index (χ1v) is 13.3. The van der Waals surface area contributed by atoms with Crippen molar-refractivity contribution in [2.75, 3.05) is 33.9 Å². The monoisotopic (exact) mass is 523 g/mol. The van der Waals surface area contributed by atoms with Gasteiger partial charge in [0.15, 0.2) is 0 Å². The molecule has 2 aliphatic carbocycles. The first kappa shape index (κ1) is 26.4. The van der Waals surface area contributed by atoms with E-state index in [1.807, 2.05) is 18.2 Å². The van der Waals surface area contributed by atoms with E-state index in [0.717, 1.165) is 47.6 Å². The minimum atomic E-state index is -1.15. The van der Waals surface area contributed by atoms with Crippen LogP contribution < -0.4 is 15.6 Å². The normalized spacial score (nSPS) is 26.7. The number of nitrogens with zero attached hydrogens (tertiary/aromatic N) is 1. The predicted molar refractivity (Wildman–Crippen MR) is 142 cm³/mol. The van der Waals surface area contributed by atoms with E-state index in [-0.39, 0.29) is 24.6 Å². The second kappa shape index (κ2) is 9.85. The number of carbonyl (C=O) groups excluding carboxylic acids is 2. The maximum absolute atomic E-state index is 13.0. The van der Waals surface area contributed by atoms with Gasteiger partial charge >= 0.3 is 5.97 Å². The number of H-pyrrole nitrogens is 1. The van der Waals surface area contributed by atoms with E-state index in [1.165, 1.54) is 20.0 Å². The number of carbonyl (C=O) groups is 2. The molecule has 3 atom stereocenters. The first-order chi connectivity index (χ1) is 18.1. The van der Waals surface area contributed by atoms with Crippen LogP contribution in [0.4, 0.5) is 0 Å². The van der Waals surface area contributed by atoms with Crippen molar-refractivity contribution in [1.29, 1.82) is 0 Å². The molecule has 3 N–H and O–H groups in total. The lowest BCUT2D eigenvalue weighted by atomic mass is 9.53. The van der Waals surface area contributed by atoms with Gasteiger partial charge in [0.1, 0.15) is 17.9 Å². The standard InChI is InChI=1S/C29H37N3O6/c1-17-5-8-21(37-3)12-23(17)28-9-10-32(16-19-6-7-19)18(2)29(28,36)13-20-11-22(27(35)31-24(20)14-28)26(34)30-15-25(33)38-4/h5,8,11-12,18-19,36H,6-7,9-10,13-16H2,1-4H3,(H,30,34)(H,31,35)/t18-,28-,29-/m1/s1. The molecule has 3 aliphatic rings. The molecule has 5 rings (SSSR count). The number of aromatic nitrogens is 1. The van der Waals surface area contributed by atoms with E-state index < -0.39 is 28.5 Å². The van der Waals surface area contributed by atoms with E-state index >= 15 is 0 Å². The maximum atomic E-state index is 13.0. The lowest BCUT2D eigenvalue weighted by molar-refractivity contribution is -0.139. The smallest absolute Gasteiger partial charge is 0.325 e. The summed E-state index contributed by atoms with van der Waals surface area (Å²) < 4.78 is 10.1. The number of fused-ring (bicyclic) bond motifs is 2. The van der Waals surface area contributed by atoms with Crippen molar-refractivity contribution in [3.63, 3.8) is 0 Å². The summed E-state index contributed by atoms with van der Waals surface area (Å²) in [6.45, 7) is 5.65. The lowest BCUT2D eigenvalue weighted by Crippen LogP contribution is -2.71. The summed E-state index contributed by atoms with van der Waals surface area (Å²) in [5, 5.41) is 15.2. The molecule has 2 aromatic rings. The molecule has 9 heteroatoms. The highest BCUT2D eigenvalue weighted by atomic mass is 16.5. The molecule has 9 nitrogen and oxygen atoms in total. The number of nitrogens with one attached hydrogen (secondary N) is 2. The second-order valence-electron chi connectivity index (χ2n) is 11.2. The number of pyridine rings is 1. The summed E-state index contributed by atoms with van der Waals surface area (Å²) >= 11 is 0. The number of piperidine rings is 1. The molecule has 38 heavy (non-hydrogen) atoms. The van der Waals surface area contributed by atoms with Gasteiger partial charge in [-0.3, -0.25) is 19.3 Å². The molecular weight excluding hydrogens is 486 g/mol. The van der Waals surface area contributed by atoms with Crippen LogP contribution in [0.5, 0.6) is 5.75 Å². The van der Waals surface area contributed by atoms with Gasteiger partial charge in [-0.2, -0.15) is 0 Å². The van der Waals surface area contributed by atoms with Gasteiger partial charge in [0.2, 0.25) is 0 Å². The minimum Gasteiger partial charge on any atom is -0.497 e. The number of hydrogen-bond acceptors (Lipinski definition) is 7. The number of ether oxygens (including phenoxy) is 2. The largest absolute Gasteiger partial charge is 0.497 e. The Labute approximate surface area is 222 Å². The van der Waals surface area contributed by atoms with Gasteiger partial charge in [-0.1, -0.05) is 6.07 Å². The Bertz CT molecular complexity index is 1320. The van der Waals surface area contributed by atoms with Crippen LogP contribution in [0.1, 0.15) is 58.9 Å². The Morgan fingerprint density at radius 2 is 1.97 bits per heavy atom. The average Bonchev–Trinajstić information content (AvgIpc) is 3.73. The molecule has 2 fully saturated rings. The summed E-state index contributed by atoms with van der Waals surface area (Å²) in [7, 11) is 2.87. The van der Waals surface area contributed by atoms with E-state index in [9.17, 15) is 19.5 Å². The van der Waals surface area contributed by atoms with Crippen molar-refractivity contribution in [2.24, 2.45) is 5.92 Å². The summed E-state index contributed by atoms with van der Waals surface area (Å²) in [6.07, 6.45) is 3.92. The third-order valence-electron chi connectivity index (χ3n) is 9.06. The third-order valence-corrected chi connectivity index (χ3v) is 9.06. The molecule has 1 saturated carbocycles. The fourth-order valence-corrected chi connectivity index (χ4v) is 6.60. The highest BCUT2D eigenvalue weighted by Crippen LogP contribution is 2.54. The summed E-state index contributed by atoms with van der Waals surface area (Å²) in [5.41, 5.74) is 1.17. The van der Waals surface area contributed by atoms with Gasteiger partial charge < -0.3 is 24.9 Å². The zero-order valence-corrected chi connectivity index (χ0v) is 22.6. The van der Waals surface area contributed by atoms with Crippen molar-refractivity contribution in [3.05, 3.63) is 62.6 Å². The first-order valence-electron chi connectivity index (χ1n) is 13.3. The molecule has 204 valence electrons. The fraction of sp³-hybridized carbons (Fsp3) is 0.552. The summed E-state index contributed by atoms with van der Waals surface area (Å²) in [5.74, 6) is 0.156. The van der Waals surface area contributed by atoms with E-state index in [1.54, 1.807) is 13.2 Å². The molecule has 0 spiro atoms. The van der Waals surface area contributed by atoms with Crippen molar-refractivity contribution in [2.45, 2.75) is 63.0 Å². The van der Waals surface area contributed by atoms with Crippen LogP contribution in [0.25, 0.3) is 0 Å². The van der Waals surface area contributed by atoms with Gasteiger partial charge in [-0.15, -0.1) is 0 Å². The lowest BCUT2D eigenvalue weighted by Gasteiger charge is -2.60. The van der Waals surface area contributed by atoms with E-state index in [2.05, 4.69) is 33.8 Å². The zero-order valence-electron chi connectivity index (χ0n) is 22.6. The number of rotatable bonds is 7. The van der Waals surface area contributed by atoms with Crippen LogP contribution in [0, 0.1) is 12.8 Å². The van der Waals surface area contributed by atoms with Crippen LogP contribution in [0.2, 0.25) is 0 Å². The zero-order chi connectivity index (χ0) is 27.2. The predicted octanol–water partition coefficient (Wildman–Crippen LogP) is 1.87. The second-order valence-corrected chi connectivity index (χ2v) is 11.2. The Hall–Kier alpha value is -3.17. The van der Waals surface area contributed by atoms with E-state index in [0.29, 0.717) is 12.3 Å². The van der Waals surface area contributed by atoms with Crippen LogP contribution in [0.15, 0.2) is 29.1 Å². The number of benzene rings is 1. The number of esters is 1. The highest BCUT2D eigenvalue weighted by Gasteiger charge is 2.61. The molecule has 1 aliphatic heterocycles. The third kappa shape index (κ3) is 4.41. The SMILES string of the molecule is COC(=O)CNC(=O)c1cc2c([nH]c1=O)C[C@@]1(c3cc(OC)ccc3C)CCN(CC3CC3)[C@H](C)[C@]1(O)C2. The Kier molecular flexibility index (Phi) is 6.86. The molecule has 1 saturated heterocycles. The number of amides is 1. The van der Waals surface area contributed by atoms with Crippen molar-refractivity contribution in [1.82, 2.24) is 15.2 Å². The van der Waals surface area contributed by atoms with Crippen molar-refractivity contribution in [3.8, 4) is 5.75 Å². The van der Waals surface area contributed by atoms with Crippen LogP contribution in [0.3, 0.4) is 0 Å². The van der Waals surface area contributed by atoms with Gasteiger partial charge in [-0.25, -0.2) is 0 Å². The highest BCUT2D eigenvalue weighted by molar-refractivity contribution is 5.95. The molecule has 1 amide bonds. The van der Waals surface area contributed by atoms with Crippen LogP contribution in [-0.2, 0) is 27.8 Å². The maximum Gasteiger partial charge on any atom is 0.325 e. The molecule has 2 heterocycles. The molecule has 0 radical (unpaired) electrons. The number of methoxy groups -OCH3 is 2. The number of aliphatic hydroxyl groups is 1. The molecule has 1 aromatic carbocycles. The number of aryl methyl sites for hydroxylation is 1. The summed E-state index contributed by atoms with van der Waals surface area (Å²) in [6, 6.07) is 7.42. The van der Waals surface area contributed by atoms with Crippen molar-refractivity contribution >= 4 is 11.9 Å². The fourth-order valence-electron chi connectivity index (χ4n) is 6.60. The van der Waals surface area contributed by atoms with Gasteiger partial charge in [0, 0.05) is 36.5 Å². The van der Waals surface area contributed by atoms with E-state index in [4.69, 9.17) is 4.74 Å². The minimum absolute atomic E-state index is 0.0837. The number of likely N-dealkylation sites (tertiary alicyclic amines) is 1. The molecular formula is C29H37N3O6. The Balaban J connectivity index is 1.59. The van der Waals surface area contributed by atoms with Gasteiger partial charge in [0.05, 0.1) is 19.8 Å². The van der Waals surface area contributed by atoms with Crippen LogP contribution >= 0.6 is 0 Å². The Morgan fingerprint density at radius 1 is 1.21 bits per heavy atom. The summed E-state index contributed by atoms with van der Waals surface area (Å²) in [4.78, 5) is 42.6. The molecule has 0 unspecified atom stereocenters. The van der Waals surface area contributed by atoms with Gasteiger partial charge in [-0.05, 0) is 80.5 Å².